The molecule has 0 bridgehead atoms. The highest BCUT2D eigenvalue weighted by Crippen LogP contribution is 2.32. The Morgan fingerprint density at radius 3 is 1.42 bits per heavy atom. The molecule has 9 rings (SSSR count). The fourth-order valence-electron chi connectivity index (χ4n) is 6.33. The van der Waals surface area contributed by atoms with Crippen molar-refractivity contribution in [2.45, 2.75) is 0 Å². The molecule has 0 saturated carbocycles. The van der Waals surface area contributed by atoms with Crippen LogP contribution in [0.25, 0.3) is 88.9 Å². The number of aromatic nitrogens is 4. The van der Waals surface area contributed by atoms with Crippen LogP contribution in [0.4, 0.5) is 0 Å². The zero-order valence-electron chi connectivity index (χ0n) is 26.0. The molecule has 4 heteroatoms. The number of hydrogen-bond acceptors (Lipinski definition) is 4. The maximum atomic E-state index is 5.06. The average Bonchev–Trinajstić information content (AvgIpc) is 3.17. The van der Waals surface area contributed by atoms with Crippen LogP contribution < -0.4 is 0 Å². The van der Waals surface area contributed by atoms with Crippen molar-refractivity contribution in [3.63, 3.8) is 0 Å². The van der Waals surface area contributed by atoms with Crippen molar-refractivity contribution in [2.24, 2.45) is 0 Å². The summed E-state index contributed by atoms with van der Waals surface area (Å²) in [6, 6.07) is 56.9. The third-order valence-corrected chi connectivity index (χ3v) is 8.90. The van der Waals surface area contributed by atoms with Gasteiger partial charge >= 0.3 is 0 Å². The lowest BCUT2D eigenvalue weighted by atomic mass is 9.99. The molecule has 0 saturated heterocycles. The number of pyridine rings is 1. The molecule has 7 aromatic carbocycles. The standard InChI is InChI=1S/C44H28N4/c1-3-9-29(10-4-1)33-17-18-35-24-37(22-19-34(35)23-33)43-46-42(31-11-5-2-6-12-31)47-44(48-43)38-21-16-30-15-20-36(25-40(30)26-38)41-27-32-13-7-8-14-39(32)28-45-41/h1-28H. The highest BCUT2D eigenvalue weighted by atomic mass is 15.0. The van der Waals surface area contributed by atoms with E-state index in [-0.39, 0.29) is 0 Å². The number of nitrogens with zero attached hydrogens (tertiary/aromatic N) is 4. The first-order chi connectivity index (χ1) is 23.7. The van der Waals surface area contributed by atoms with E-state index < -0.39 is 0 Å². The molecule has 0 amide bonds. The summed E-state index contributed by atoms with van der Waals surface area (Å²) in [4.78, 5) is 19.8. The Balaban J connectivity index is 1.14. The number of rotatable bonds is 5. The summed E-state index contributed by atoms with van der Waals surface area (Å²) in [5.74, 6) is 1.92. The molecule has 0 spiro atoms. The van der Waals surface area contributed by atoms with Gasteiger partial charge in [0.2, 0.25) is 0 Å². The lowest BCUT2D eigenvalue weighted by Gasteiger charge is -2.11. The van der Waals surface area contributed by atoms with Gasteiger partial charge in [0.15, 0.2) is 17.5 Å². The Hall–Kier alpha value is -6.52. The first-order valence-corrected chi connectivity index (χ1v) is 16.0. The van der Waals surface area contributed by atoms with Gasteiger partial charge in [-0.05, 0) is 68.4 Å². The lowest BCUT2D eigenvalue weighted by Crippen LogP contribution is -2.00. The van der Waals surface area contributed by atoms with Crippen LogP contribution in [-0.4, -0.2) is 19.9 Å². The molecule has 48 heavy (non-hydrogen) atoms. The van der Waals surface area contributed by atoms with Crippen LogP contribution in [0.3, 0.4) is 0 Å². The second-order valence-electron chi connectivity index (χ2n) is 12.0. The van der Waals surface area contributed by atoms with E-state index in [9.17, 15) is 0 Å². The first kappa shape index (κ1) is 27.8. The van der Waals surface area contributed by atoms with Crippen LogP contribution in [0.2, 0.25) is 0 Å². The van der Waals surface area contributed by atoms with E-state index in [1.165, 1.54) is 21.9 Å². The van der Waals surface area contributed by atoms with E-state index in [4.69, 9.17) is 19.9 Å². The van der Waals surface area contributed by atoms with Gasteiger partial charge in [-0.1, -0.05) is 133 Å². The van der Waals surface area contributed by atoms with Crippen molar-refractivity contribution >= 4 is 32.3 Å². The highest BCUT2D eigenvalue weighted by molar-refractivity contribution is 5.93. The van der Waals surface area contributed by atoms with Crippen LogP contribution in [0.15, 0.2) is 170 Å². The average molecular weight is 613 g/mol. The van der Waals surface area contributed by atoms with Crippen molar-refractivity contribution in [1.29, 1.82) is 0 Å². The molecule has 0 unspecified atom stereocenters. The SMILES string of the molecule is c1ccc(-c2ccc3cc(-c4nc(-c5ccccc5)nc(-c5ccc6ccc(-c7cc8ccccc8cn7)cc6c5)n4)ccc3c2)cc1. The molecule has 224 valence electrons. The van der Waals surface area contributed by atoms with Crippen LogP contribution in [0, 0.1) is 0 Å². The Morgan fingerprint density at radius 1 is 0.271 bits per heavy atom. The monoisotopic (exact) mass is 612 g/mol. The molecule has 0 fully saturated rings. The fraction of sp³-hybridized carbons (Fsp3) is 0. The summed E-state index contributed by atoms with van der Waals surface area (Å²) in [6.07, 6.45) is 1.94. The minimum Gasteiger partial charge on any atom is -0.256 e. The van der Waals surface area contributed by atoms with Crippen LogP contribution >= 0.6 is 0 Å². The van der Waals surface area contributed by atoms with Gasteiger partial charge in [-0.15, -0.1) is 0 Å². The smallest absolute Gasteiger partial charge is 0.164 e. The zero-order chi connectivity index (χ0) is 31.9. The van der Waals surface area contributed by atoms with E-state index in [0.717, 1.165) is 49.5 Å². The summed E-state index contributed by atoms with van der Waals surface area (Å²) in [5.41, 5.74) is 7.23. The van der Waals surface area contributed by atoms with E-state index >= 15 is 0 Å². The molecule has 4 nitrogen and oxygen atoms in total. The van der Waals surface area contributed by atoms with Crippen LogP contribution in [-0.2, 0) is 0 Å². The largest absolute Gasteiger partial charge is 0.256 e. The van der Waals surface area contributed by atoms with Crippen LogP contribution in [0.5, 0.6) is 0 Å². The number of hydrogen-bond donors (Lipinski definition) is 0. The second-order valence-corrected chi connectivity index (χ2v) is 12.0. The molecular formula is C44H28N4. The Kier molecular flexibility index (Phi) is 6.76. The second kappa shape index (κ2) is 11.7. The minimum absolute atomic E-state index is 0.634. The van der Waals surface area contributed by atoms with Crippen molar-refractivity contribution in [3.05, 3.63) is 170 Å². The van der Waals surface area contributed by atoms with E-state index in [1.807, 2.05) is 48.7 Å². The first-order valence-electron chi connectivity index (χ1n) is 16.0. The van der Waals surface area contributed by atoms with E-state index in [0.29, 0.717) is 17.5 Å². The summed E-state index contributed by atoms with van der Waals surface area (Å²) < 4.78 is 0. The number of fused-ring (bicyclic) bond motifs is 3. The lowest BCUT2D eigenvalue weighted by molar-refractivity contribution is 1.08. The molecule has 0 aliphatic carbocycles. The van der Waals surface area contributed by atoms with Crippen molar-refractivity contribution < 1.29 is 0 Å². The molecule has 0 radical (unpaired) electrons. The minimum atomic E-state index is 0.634. The van der Waals surface area contributed by atoms with Gasteiger partial charge in [-0.2, -0.15) is 0 Å². The van der Waals surface area contributed by atoms with Gasteiger partial charge in [-0.25, -0.2) is 15.0 Å². The van der Waals surface area contributed by atoms with Gasteiger partial charge in [0.05, 0.1) is 5.69 Å². The zero-order valence-corrected chi connectivity index (χ0v) is 26.0. The van der Waals surface area contributed by atoms with Crippen molar-refractivity contribution in [2.75, 3.05) is 0 Å². The van der Waals surface area contributed by atoms with Crippen LogP contribution in [0.1, 0.15) is 0 Å². The normalized spacial score (nSPS) is 11.3. The van der Waals surface area contributed by atoms with Crippen molar-refractivity contribution in [3.8, 4) is 56.5 Å². The molecule has 9 aromatic rings. The Labute approximate surface area is 278 Å². The van der Waals surface area contributed by atoms with Gasteiger partial charge in [0.25, 0.3) is 0 Å². The molecule has 0 atom stereocenters. The summed E-state index contributed by atoms with van der Waals surface area (Å²) in [6.45, 7) is 0. The maximum Gasteiger partial charge on any atom is 0.164 e. The third kappa shape index (κ3) is 5.25. The van der Waals surface area contributed by atoms with Crippen molar-refractivity contribution in [1.82, 2.24) is 19.9 Å². The van der Waals surface area contributed by atoms with Gasteiger partial charge in [-0.3, -0.25) is 4.98 Å². The maximum absolute atomic E-state index is 5.06. The van der Waals surface area contributed by atoms with E-state index in [1.54, 1.807) is 0 Å². The highest BCUT2D eigenvalue weighted by Gasteiger charge is 2.14. The summed E-state index contributed by atoms with van der Waals surface area (Å²) in [7, 11) is 0. The molecule has 2 aromatic heterocycles. The molecule has 0 N–H and O–H groups in total. The Morgan fingerprint density at radius 2 is 0.729 bits per heavy atom. The van der Waals surface area contributed by atoms with E-state index in [2.05, 4.69) is 121 Å². The summed E-state index contributed by atoms with van der Waals surface area (Å²) >= 11 is 0. The van der Waals surface area contributed by atoms with Gasteiger partial charge < -0.3 is 0 Å². The number of benzene rings is 7. The Bertz CT molecular complexity index is 2610. The van der Waals surface area contributed by atoms with Gasteiger partial charge in [0, 0.05) is 33.8 Å². The topological polar surface area (TPSA) is 51.6 Å². The molecule has 2 heterocycles. The quantitative estimate of drug-likeness (QED) is 0.194. The third-order valence-electron chi connectivity index (χ3n) is 8.90. The molecule has 0 aliphatic heterocycles. The van der Waals surface area contributed by atoms with Gasteiger partial charge in [0.1, 0.15) is 0 Å². The molecular weight excluding hydrogens is 585 g/mol. The predicted molar refractivity (Wildman–Crippen MR) is 197 cm³/mol. The summed E-state index contributed by atoms with van der Waals surface area (Å²) in [5, 5.41) is 6.86. The fourth-order valence-corrected chi connectivity index (χ4v) is 6.33. The predicted octanol–water partition coefficient (Wildman–Crippen LogP) is 11.1. The molecule has 0 aliphatic rings.